The van der Waals surface area contributed by atoms with Crippen molar-refractivity contribution < 1.29 is 14.2 Å². The molecule has 29 heavy (non-hydrogen) atoms. The molecule has 4 rings (SSSR count). The predicted octanol–water partition coefficient (Wildman–Crippen LogP) is 4.67. The number of fused-ring (bicyclic) bond motifs is 1. The van der Waals surface area contributed by atoms with E-state index in [0.717, 1.165) is 5.56 Å². The minimum absolute atomic E-state index is 0.0658. The van der Waals surface area contributed by atoms with Gasteiger partial charge in [0.2, 0.25) is 0 Å². The van der Waals surface area contributed by atoms with Crippen LogP contribution in [0.15, 0.2) is 59.1 Å². The van der Waals surface area contributed by atoms with Gasteiger partial charge in [0.15, 0.2) is 0 Å². The van der Waals surface area contributed by atoms with E-state index in [0.29, 0.717) is 33.6 Å². The molecule has 144 valence electrons. The van der Waals surface area contributed by atoms with Gasteiger partial charge >= 0.3 is 0 Å². The highest BCUT2D eigenvalue weighted by Crippen LogP contribution is 2.29. The van der Waals surface area contributed by atoms with Crippen molar-refractivity contribution in [3.8, 4) is 11.3 Å². The molecule has 0 saturated heterocycles. The molecule has 8 heteroatoms. The fourth-order valence-corrected chi connectivity index (χ4v) is 3.12. The molecular weight excluding hydrogens is 372 g/mol. The minimum Gasteiger partial charge on any atom is -0.335 e. The highest BCUT2D eigenvalue weighted by atomic mass is 16.6. The lowest BCUT2D eigenvalue weighted by Gasteiger charge is -2.09. The number of aromatic nitrogens is 2. The van der Waals surface area contributed by atoms with Gasteiger partial charge in [-0.05, 0) is 37.6 Å². The van der Waals surface area contributed by atoms with E-state index < -0.39 is 4.92 Å². The SMILES string of the molecule is Cc1cccc(NC(=O)c2cc(-c3cccc([N+](=O)[O-])c3)nc3onc(C)c23)c1. The molecule has 0 saturated carbocycles. The summed E-state index contributed by atoms with van der Waals surface area (Å²) in [6.07, 6.45) is 0. The zero-order valence-electron chi connectivity index (χ0n) is 15.7. The van der Waals surface area contributed by atoms with E-state index in [1.807, 2.05) is 25.1 Å². The predicted molar refractivity (Wildman–Crippen MR) is 108 cm³/mol. The normalized spacial score (nSPS) is 10.8. The van der Waals surface area contributed by atoms with E-state index in [-0.39, 0.29) is 17.3 Å². The number of nitrogens with one attached hydrogen (secondary N) is 1. The Hall–Kier alpha value is -4.07. The third-order valence-corrected chi connectivity index (χ3v) is 4.49. The lowest BCUT2D eigenvalue weighted by atomic mass is 10.0. The number of carbonyl (C=O) groups is 1. The first kappa shape index (κ1) is 18.3. The molecule has 0 aliphatic carbocycles. The van der Waals surface area contributed by atoms with E-state index in [1.54, 1.807) is 31.2 Å². The Bertz CT molecular complexity index is 1260. The van der Waals surface area contributed by atoms with Crippen molar-refractivity contribution >= 4 is 28.4 Å². The number of hydrogen-bond donors (Lipinski definition) is 1. The topological polar surface area (TPSA) is 111 Å². The van der Waals surface area contributed by atoms with Crippen LogP contribution in [0.3, 0.4) is 0 Å². The van der Waals surface area contributed by atoms with Crippen LogP contribution >= 0.6 is 0 Å². The number of hydrogen-bond acceptors (Lipinski definition) is 6. The van der Waals surface area contributed by atoms with E-state index in [9.17, 15) is 14.9 Å². The summed E-state index contributed by atoms with van der Waals surface area (Å²) in [5, 5.41) is 18.4. The number of nitro benzene ring substituents is 1. The molecular formula is C21H16N4O4. The van der Waals surface area contributed by atoms with Gasteiger partial charge < -0.3 is 9.84 Å². The standard InChI is InChI=1S/C21H16N4O4/c1-12-5-3-7-15(9-12)22-20(26)17-11-18(23-21-19(17)13(2)24-29-21)14-6-4-8-16(10-14)25(27)28/h3-11H,1-2H3,(H,22,26). The van der Waals surface area contributed by atoms with Crippen molar-refractivity contribution in [2.24, 2.45) is 0 Å². The third-order valence-electron chi connectivity index (χ3n) is 4.49. The fourth-order valence-electron chi connectivity index (χ4n) is 3.12. The molecule has 0 aliphatic heterocycles. The summed E-state index contributed by atoms with van der Waals surface area (Å²) < 4.78 is 5.27. The van der Waals surface area contributed by atoms with Crippen LogP contribution in [-0.2, 0) is 0 Å². The maximum absolute atomic E-state index is 13.0. The maximum Gasteiger partial charge on any atom is 0.270 e. The summed E-state index contributed by atoms with van der Waals surface area (Å²) in [7, 11) is 0. The van der Waals surface area contributed by atoms with Gasteiger partial charge in [0.1, 0.15) is 0 Å². The van der Waals surface area contributed by atoms with Crippen molar-refractivity contribution in [1.82, 2.24) is 10.1 Å². The molecule has 8 nitrogen and oxygen atoms in total. The summed E-state index contributed by atoms with van der Waals surface area (Å²) in [5.41, 5.74) is 3.55. The number of anilines is 1. The Morgan fingerprint density at radius 3 is 2.66 bits per heavy atom. The first-order valence-electron chi connectivity index (χ1n) is 8.82. The molecule has 4 aromatic rings. The molecule has 0 fully saturated rings. The Labute approximate surface area is 165 Å². The molecule has 0 spiro atoms. The van der Waals surface area contributed by atoms with E-state index in [1.165, 1.54) is 12.1 Å². The first-order valence-corrected chi connectivity index (χ1v) is 8.82. The number of aryl methyl sites for hydroxylation is 2. The molecule has 0 radical (unpaired) electrons. The highest BCUT2D eigenvalue weighted by molar-refractivity contribution is 6.13. The molecule has 2 aromatic heterocycles. The van der Waals surface area contributed by atoms with E-state index >= 15 is 0 Å². The van der Waals surface area contributed by atoms with Crippen molar-refractivity contribution in [2.75, 3.05) is 5.32 Å². The number of rotatable bonds is 4. The summed E-state index contributed by atoms with van der Waals surface area (Å²) in [6, 6.07) is 15.1. The molecule has 0 atom stereocenters. The van der Waals surface area contributed by atoms with Crippen molar-refractivity contribution in [3.05, 3.63) is 81.5 Å². The van der Waals surface area contributed by atoms with Crippen molar-refractivity contribution in [1.29, 1.82) is 0 Å². The van der Waals surface area contributed by atoms with Gasteiger partial charge in [-0.1, -0.05) is 29.4 Å². The molecule has 2 heterocycles. The number of non-ortho nitro benzene ring substituents is 1. The molecule has 0 aliphatic rings. The minimum atomic E-state index is -0.480. The number of nitro groups is 1. The second kappa shape index (κ2) is 7.16. The Kier molecular flexibility index (Phi) is 4.52. The molecule has 0 unspecified atom stereocenters. The Balaban J connectivity index is 1.82. The lowest BCUT2D eigenvalue weighted by Crippen LogP contribution is -2.13. The number of pyridine rings is 1. The van der Waals surface area contributed by atoms with Crippen LogP contribution in [0, 0.1) is 24.0 Å². The third kappa shape index (κ3) is 3.55. The summed E-state index contributed by atoms with van der Waals surface area (Å²) in [4.78, 5) is 28.0. The zero-order valence-corrected chi connectivity index (χ0v) is 15.7. The van der Waals surface area contributed by atoms with Crippen LogP contribution in [0.1, 0.15) is 21.6 Å². The van der Waals surface area contributed by atoms with Gasteiger partial charge in [0, 0.05) is 23.4 Å². The van der Waals surface area contributed by atoms with Crippen LogP contribution in [-0.4, -0.2) is 21.0 Å². The molecule has 1 amide bonds. The van der Waals surface area contributed by atoms with E-state index in [2.05, 4.69) is 15.5 Å². The van der Waals surface area contributed by atoms with Crippen molar-refractivity contribution in [3.63, 3.8) is 0 Å². The largest absolute Gasteiger partial charge is 0.335 e. The van der Waals surface area contributed by atoms with Gasteiger partial charge in [-0.15, -0.1) is 0 Å². The van der Waals surface area contributed by atoms with E-state index in [4.69, 9.17) is 4.52 Å². The second-order valence-corrected chi connectivity index (χ2v) is 6.63. The average molecular weight is 388 g/mol. The summed E-state index contributed by atoms with van der Waals surface area (Å²) in [5.74, 6) is -0.346. The van der Waals surface area contributed by atoms with Gasteiger partial charge in [0.05, 0.1) is 27.3 Å². The lowest BCUT2D eigenvalue weighted by molar-refractivity contribution is -0.384. The van der Waals surface area contributed by atoms with Gasteiger partial charge in [-0.25, -0.2) is 4.98 Å². The highest BCUT2D eigenvalue weighted by Gasteiger charge is 2.20. The van der Waals surface area contributed by atoms with Gasteiger partial charge in [-0.2, -0.15) is 0 Å². The summed E-state index contributed by atoms with van der Waals surface area (Å²) in [6.45, 7) is 3.66. The smallest absolute Gasteiger partial charge is 0.270 e. The van der Waals surface area contributed by atoms with Crippen LogP contribution in [0.25, 0.3) is 22.4 Å². The average Bonchev–Trinajstić information content (AvgIpc) is 3.08. The number of amides is 1. The first-order chi connectivity index (χ1) is 13.9. The fraction of sp³-hybridized carbons (Fsp3) is 0.0952. The molecule has 0 bridgehead atoms. The molecule has 1 N–H and O–H groups in total. The number of benzene rings is 2. The van der Waals surface area contributed by atoms with Gasteiger partial charge in [-0.3, -0.25) is 14.9 Å². The Morgan fingerprint density at radius 1 is 1.10 bits per heavy atom. The van der Waals surface area contributed by atoms with Crippen LogP contribution < -0.4 is 5.32 Å². The monoisotopic (exact) mass is 388 g/mol. The molecule has 2 aromatic carbocycles. The van der Waals surface area contributed by atoms with Gasteiger partial charge in [0.25, 0.3) is 17.3 Å². The van der Waals surface area contributed by atoms with Crippen LogP contribution in [0.2, 0.25) is 0 Å². The second-order valence-electron chi connectivity index (χ2n) is 6.63. The number of nitrogens with zero attached hydrogens (tertiary/aromatic N) is 3. The maximum atomic E-state index is 13.0. The van der Waals surface area contributed by atoms with Crippen LogP contribution in [0.4, 0.5) is 11.4 Å². The number of carbonyl (C=O) groups excluding carboxylic acids is 1. The van der Waals surface area contributed by atoms with Crippen molar-refractivity contribution in [2.45, 2.75) is 13.8 Å². The quantitative estimate of drug-likeness (QED) is 0.402. The Morgan fingerprint density at radius 2 is 1.90 bits per heavy atom. The van der Waals surface area contributed by atoms with Crippen LogP contribution in [0.5, 0.6) is 0 Å². The summed E-state index contributed by atoms with van der Waals surface area (Å²) >= 11 is 0. The zero-order chi connectivity index (χ0) is 20.5.